The van der Waals surface area contributed by atoms with E-state index in [1.807, 2.05) is 0 Å². The summed E-state index contributed by atoms with van der Waals surface area (Å²) in [6.07, 6.45) is 9.37. The summed E-state index contributed by atoms with van der Waals surface area (Å²) >= 11 is 0. The number of halogens is 6. The quantitative estimate of drug-likeness (QED) is 0.0205. The first kappa shape index (κ1) is 89.1. The van der Waals surface area contributed by atoms with Crippen LogP contribution in [-0.4, -0.2) is 103 Å². The number of alkyl halides is 6. The van der Waals surface area contributed by atoms with Crippen LogP contribution in [0.15, 0.2) is 317 Å². The molecule has 28 heteroatoms. The van der Waals surface area contributed by atoms with Crippen molar-refractivity contribution < 1.29 is 99.0 Å². The molecule has 17 rings (SSSR count). The fourth-order valence-electron chi connectivity index (χ4n) is 16.4. The van der Waals surface area contributed by atoms with Gasteiger partial charge >= 0.3 is 33.7 Å². The normalized spacial score (nSPS) is 21.7. The smallest absolute Gasteiger partial charge is 0.367 e. The second-order valence-corrected chi connectivity index (χ2v) is 40.2. The molecule has 9 aromatic carbocycles. The average Bonchev–Trinajstić information content (AvgIpc) is 0.723. The van der Waals surface area contributed by atoms with Crippen molar-refractivity contribution in [1.82, 2.24) is 0 Å². The Bertz CT molecular complexity index is 4340. The Morgan fingerprint density at radius 3 is 0.783 bits per heavy atom. The van der Waals surface area contributed by atoms with Crippen molar-refractivity contribution in [1.29, 1.82) is 0 Å². The van der Waals surface area contributed by atoms with Gasteiger partial charge in [-0.2, -0.15) is 26.3 Å². The van der Waals surface area contributed by atoms with E-state index in [9.17, 15) is 84.7 Å². The number of carbonyl (C=O) groups is 3. The monoisotopic (exact) mass is 1700 g/mol. The summed E-state index contributed by atoms with van der Waals surface area (Å²) in [7, 11) is -17.5. The van der Waals surface area contributed by atoms with Gasteiger partial charge < -0.3 is 33.0 Å². The van der Waals surface area contributed by atoms with Gasteiger partial charge in [0, 0.05) is 6.42 Å². The Labute approximate surface area is 677 Å². The molecule has 8 fully saturated rings. The van der Waals surface area contributed by atoms with Crippen molar-refractivity contribution in [2.24, 2.45) is 40.4 Å². The van der Waals surface area contributed by atoms with Crippen molar-refractivity contribution in [2.45, 2.75) is 169 Å². The number of benzene rings is 9. The van der Waals surface area contributed by atoms with Gasteiger partial charge in [-0.1, -0.05) is 177 Å². The summed E-state index contributed by atoms with van der Waals surface area (Å²) in [5.41, 5.74) is -2.73. The van der Waals surface area contributed by atoms with Gasteiger partial charge in [-0.15, -0.1) is 0 Å². The maximum absolute atomic E-state index is 13.1. The lowest BCUT2D eigenvalue weighted by atomic mass is 9.48. The highest BCUT2D eigenvalue weighted by Gasteiger charge is 2.62. The maximum Gasteiger partial charge on any atom is 0.367 e. The third kappa shape index (κ3) is 24.0. The van der Waals surface area contributed by atoms with Crippen molar-refractivity contribution in [3.05, 3.63) is 273 Å². The van der Waals surface area contributed by atoms with Gasteiger partial charge in [0.25, 0.3) is 0 Å². The van der Waals surface area contributed by atoms with Crippen LogP contribution in [0.1, 0.15) is 103 Å². The topological polar surface area (TPSA) is 271 Å². The Morgan fingerprint density at radius 2 is 0.565 bits per heavy atom. The molecule has 115 heavy (non-hydrogen) atoms. The summed E-state index contributed by atoms with van der Waals surface area (Å²) in [6.45, 7) is -3.39. The van der Waals surface area contributed by atoms with E-state index in [0.717, 1.165) is 25.7 Å². The molecule has 0 aromatic heterocycles. The van der Waals surface area contributed by atoms with Crippen LogP contribution in [0.5, 0.6) is 0 Å². The molecule has 8 aliphatic carbocycles. The van der Waals surface area contributed by atoms with Gasteiger partial charge in [0.2, 0.25) is 0 Å². The summed E-state index contributed by atoms with van der Waals surface area (Å²) in [4.78, 5) is 47.4. The average molecular weight is 1700 g/mol. The van der Waals surface area contributed by atoms with E-state index < -0.39 is 100 Å². The predicted molar refractivity (Wildman–Crippen MR) is 423 cm³/mol. The minimum absolute atomic E-state index is 0.0146. The van der Waals surface area contributed by atoms with Crippen molar-refractivity contribution in [2.75, 3.05) is 19.8 Å². The van der Waals surface area contributed by atoms with Crippen molar-refractivity contribution in [3.63, 3.8) is 0 Å². The first-order chi connectivity index (χ1) is 54.6. The number of aliphatic hydroxyl groups is 1. The van der Waals surface area contributed by atoms with Crippen LogP contribution in [0.3, 0.4) is 0 Å². The highest BCUT2D eigenvalue weighted by atomic mass is 32.2. The Balaban J connectivity index is 0.000000146. The zero-order valence-corrected chi connectivity index (χ0v) is 67.8. The van der Waals surface area contributed by atoms with Gasteiger partial charge in [-0.05, 0) is 222 Å². The Morgan fingerprint density at radius 1 is 0.357 bits per heavy atom. The molecule has 2 unspecified atom stereocenters. The zero-order chi connectivity index (χ0) is 82.7. The second kappa shape index (κ2) is 39.3. The molecule has 0 amide bonds. The van der Waals surface area contributed by atoms with Gasteiger partial charge in [0.05, 0.1) is 49.1 Å². The molecule has 9 aromatic rings. The van der Waals surface area contributed by atoms with Crippen molar-refractivity contribution in [3.8, 4) is 0 Å². The van der Waals surface area contributed by atoms with Gasteiger partial charge in [0.1, 0.15) is 0 Å². The van der Waals surface area contributed by atoms with Crippen LogP contribution in [-0.2, 0) is 91.6 Å². The number of ether oxygens (including phenoxy) is 3. The largest absolute Gasteiger partial charge is 0.743 e. The fourth-order valence-corrected chi connectivity index (χ4v) is 23.4. The van der Waals surface area contributed by atoms with E-state index in [4.69, 9.17) is 0 Å². The molecule has 8 saturated carbocycles. The molecule has 0 heterocycles. The first-order valence-corrected chi connectivity index (χ1v) is 45.4. The molecule has 1 N–H and O–H groups in total. The molecule has 16 nitrogen and oxygen atoms in total. The third-order valence-corrected chi connectivity index (χ3v) is 30.0. The maximum atomic E-state index is 13.1. The molecule has 612 valence electrons. The van der Waals surface area contributed by atoms with Crippen molar-refractivity contribution >= 4 is 80.9 Å². The lowest BCUT2D eigenvalue weighted by Gasteiger charge is -2.58. The molecule has 8 bridgehead atoms. The number of carbonyl (C=O) groups excluding carboxylic acids is 3. The Hall–Kier alpha value is -8.29. The predicted octanol–water partition coefficient (Wildman–Crippen LogP) is 18.1. The molecule has 0 spiro atoms. The fraction of sp³-hybridized carbons (Fsp3) is 0.345. The number of unbranched alkanes of at least 4 members (excludes halogenated alkanes) is 1. The molecular formula is C87H90F6O16S6. The van der Waals surface area contributed by atoms with E-state index in [1.165, 1.54) is 44.1 Å². The van der Waals surface area contributed by atoms with Crippen LogP contribution in [0.4, 0.5) is 26.3 Å². The molecule has 2 atom stereocenters. The van der Waals surface area contributed by atoms with E-state index >= 15 is 0 Å². The lowest BCUT2D eigenvalue weighted by Crippen LogP contribution is -2.58. The molecular weight excluding hydrogens is 1610 g/mol. The Kier molecular flexibility index (Phi) is 30.4. The summed E-state index contributed by atoms with van der Waals surface area (Å²) in [5, 5.41) is -3.29. The van der Waals surface area contributed by atoms with Crippen LogP contribution in [0, 0.1) is 40.4 Å². The van der Waals surface area contributed by atoms with Gasteiger partial charge in [-0.25, -0.2) is 25.3 Å². The van der Waals surface area contributed by atoms with Gasteiger partial charge in [0.15, 0.2) is 94.2 Å². The minimum Gasteiger partial charge on any atom is -0.743 e. The highest BCUT2D eigenvalue weighted by Crippen LogP contribution is 2.63. The summed E-state index contributed by atoms with van der Waals surface area (Å²) in [6, 6.07) is 96.5. The number of hydrogen-bond donors (Lipinski definition) is 1. The molecule has 8 aliphatic rings. The van der Waals surface area contributed by atoms with E-state index in [-0.39, 0.29) is 57.4 Å². The molecule has 0 aliphatic heterocycles. The number of esters is 3. The second-order valence-electron chi connectivity index (χ2n) is 29.6. The number of hydrogen-bond acceptors (Lipinski definition) is 16. The lowest BCUT2D eigenvalue weighted by molar-refractivity contribution is -0.199. The standard InChI is InChI=1S/3C18H15S.C13H18F2O6S.C13H18F2O5S.C7H12F2O5S/c3*1-4-10-16(11-5-1)19(17-12-6-2-7-13-17)18-14-8-3-9-15-18;14-13(15,22(18,19)20)7-21-10(16)11-2-8-1-9(3-11)5-12(17,4-8)6-11;14-13(15,21(17,18)19)7-20-11(16)12-4-8-1-9(5-12)3-10(2-8)6-12;1-2-3-4-6(10)14-5-7(8,9)15(11,12)13/h3*1-15H;8-9,17H,1-7H2,(H,18,19,20);8-10H,1-7H2,(H,17,18,19);2-5H2,1H3,(H,11,12,13)/q3*+1;;;/p-3. The van der Waals surface area contributed by atoms with E-state index in [1.54, 1.807) is 6.92 Å². The summed E-state index contributed by atoms with van der Waals surface area (Å²) in [5.74, 6) is -1.01. The highest BCUT2D eigenvalue weighted by molar-refractivity contribution is 7.97. The molecule has 0 radical (unpaired) electrons. The van der Waals surface area contributed by atoms with E-state index in [2.05, 4.69) is 287 Å². The van der Waals surface area contributed by atoms with Crippen LogP contribution in [0.25, 0.3) is 0 Å². The van der Waals surface area contributed by atoms with Crippen LogP contribution >= 0.6 is 0 Å². The van der Waals surface area contributed by atoms with Crippen LogP contribution < -0.4 is 0 Å². The zero-order valence-electron chi connectivity index (χ0n) is 62.9. The SMILES string of the molecule is CCCCC(=O)OCC(F)(F)S(=O)(=O)[O-].O=C(OCC(F)(F)S(=O)(=O)[O-])C12CC3CC(CC(C3)C1)C2.O=C(OCC(F)(F)S(=O)(=O)[O-])C12CC3CC(CC(O)(C3)C1)C2.c1ccc([S+](c2ccccc2)c2ccccc2)cc1.c1ccc([S+](c2ccccc2)c2ccccc2)cc1.c1ccc([S+](c2ccccc2)c2ccccc2)cc1. The van der Waals surface area contributed by atoms with Crippen LogP contribution in [0.2, 0.25) is 0 Å². The first-order valence-electron chi connectivity index (χ1n) is 37.5. The third-order valence-electron chi connectivity index (χ3n) is 20.7. The number of rotatable bonds is 23. The summed E-state index contributed by atoms with van der Waals surface area (Å²) < 4.78 is 183. The van der Waals surface area contributed by atoms with Gasteiger partial charge in [-0.3, -0.25) is 14.4 Å². The molecule has 0 saturated heterocycles. The minimum atomic E-state index is -5.88. The van der Waals surface area contributed by atoms with E-state index in [0.29, 0.717) is 75.5 Å².